The molecule has 0 bridgehead atoms. The molecule has 2 aromatic rings. The van der Waals surface area contributed by atoms with Gasteiger partial charge in [0.25, 0.3) is 0 Å². The lowest BCUT2D eigenvalue weighted by Gasteiger charge is -2.25. The van der Waals surface area contributed by atoms with Crippen molar-refractivity contribution in [2.24, 2.45) is 4.99 Å². The maximum atomic E-state index is 4.33. The van der Waals surface area contributed by atoms with E-state index in [1.807, 2.05) is 13.1 Å². The van der Waals surface area contributed by atoms with Crippen LogP contribution in [0, 0.1) is 0 Å². The number of guanidine groups is 1. The summed E-state index contributed by atoms with van der Waals surface area (Å²) in [5, 5.41) is 6.85. The molecule has 26 heavy (non-hydrogen) atoms. The van der Waals surface area contributed by atoms with Crippen LogP contribution in [0.5, 0.6) is 0 Å². The Balaban J connectivity index is 0.00000338. The number of hydrogen-bond acceptors (Lipinski definition) is 2. The molecule has 2 aromatic carbocycles. The second kappa shape index (κ2) is 12.7. The molecule has 1 atom stereocenters. The van der Waals surface area contributed by atoms with Crippen LogP contribution in [-0.2, 0) is 12.8 Å². The average Bonchev–Trinajstić information content (AvgIpc) is 2.65. The number of benzene rings is 2. The Kier molecular flexibility index (Phi) is 11.0. The predicted octanol–water partition coefficient (Wildman–Crippen LogP) is 3.19. The topological polar surface area (TPSA) is 39.7 Å². The van der Waals surface area contributed by atoms with Crippen molar-refractivity contribution < 1.29 is 0 Å². The first-order valence-corrected chi connectivity index (χ1v) is 8.88. The first kappa shape index (κ1) is 22.4. The molecule has 2 N–H and O–H groups in total. The van der Waals surface area contributed by atoms with Crippen LogP contribution in [0.2, 0.25) is 0 Å². The first-order valence-electron chi connectivity index (χ1n) is 8.88. The fourth-order valence-electron chi connectivity index (χ4n) is 2.73. The first-order chi connectivity index (χ1) is 12.2. The summed E-state index contributed by atoms with van der Waals surface area (Å²) >= 11 is 0. The average molecular weight is 466 g/mol. The molecule has 0 saturated heterocycles. The zero-order chi connectivity index (χ0) is 17.9. The summed E-state index contributed by atoms with van der Waals surface area (Å²) in [6.07, 6.45) is 2.00. The van der Waals surface area contributed by atoms with E-state index in [4.69, 9.17) is 0 Å². The van der Waals surface area contributed by atoms with Crippen LogP contribution in [0.15, 0.2) is 65.7 Å². The quantitative estimate of drug-likeness (QED) is 0.357. The van der Waals surface area contributed by atoms with Crippen LogP contribution >= 0.6 is 24.0 Å². The molecule has 0 radical (unpaired) electrons. The molecule has 0 spiro atoms. The number of nitrogens with one attached hydrogen (secondary N) is 2. The SMILES string of the molecule is CN=C(NCCc1ccccc1)NCC(Cc1ccccc1)N(C)C.I. The van der Waals surface area contributed by atoms with E-state index in [2.05, 4.69) is 89.2 Å². The third-order valence-electron chi connectivity index (χ3n) is 4.32. The highest BCUT2D eigenvalue weighted by molar-refractivity contribution is 14.0. The summed E-state index contributed by atoms with van der Waals surface area (Å²) in [5.74, 6) is 0.857. The molecule has 0 fully saturated rings. The van der Waals surface area contributed by atoms with Gasteiger partial charge in [-0.05, 0) is 38.1 Å². The second-order valence-electron chi connectivity index (χ2n) is 6.42. The lowest BCUT2D eigenvalue weighted by Crippen LogP contribution is -2.46. The van der Waals surface area contributed by atoms with Crippen molar-refractivity contribution >= 4 is 29.9 Å². The van der Waals surface area contributed by atoms with Crippen LogP contribution in [0.1, 0.15) is 11.1 Å². The molecule has 0 heterocycles. The Morgan fingerprint density at radius 3 is 2.04 bits per heavy atom. The minimum atomic E-state index is 0. The van der Waals surface area contributed by atoms with E-state index in [0.717, 1.165) is 31.9 Å². The summed E-state index contributed by atoms with van der Waals surface area (Å²) in [7, 11) is 6.07. The van der Waals surface area contributed by atoms with E-state index in [0.29, 0.717) is 6.04 Å². The van der Waals surface area contributed by atoms with Crippen molar-refractivity contribution in [1.82, 2.24) is 15.5 Å². The van der Waals surface area contributed by atoms with Crippen LogP contribution in [0.25, 0.3) is 0 Å². The molecule has 0 aliphatic rings. The molecule has 142 valence electrons. The van der Waals surface area contributed by atoms with Gasteiger partial charge in [-0.2, -0.15) is 0 Å². The second-order valence-corrected chi connectivity index (χ2v) is 6.42. The van der Waals surface area contributed by atoms with Gasteiger partial charge in [-0.1, -0.05) is 60.7 Å². The zero-order valence-corrected chi connectivity index (χ0v) is 18.3. The summed E-state index contributed by atoms with van der Waals surface area (Å²) in [5.41, 5.74) is 2.69. The molecule has 0 aromatic heterocycles. The fraction of sp³-hybridized carbons (Fsp3) is 0.381. The van der Waals surface area contributed by atoms with Crippen LogP contribution in [-0.4, -0.2) is 51.1 Å². The molecule has 0 amide bonds. The standard InChI is InChI=1S/C21H30N4.HI/c1-22-21(23-15-14-18-10-6-4-7-11-18)24-17-20(25(2)3)16-19-12-8-5-9-13-19;/h4-13,20H,14-17H2,1-3H3,(H2,22,23,24);1H. The van der Waals surface area contributed by atoms with Crippen LogP contribution < -0.4 is 10.6 Å². The zero-order valence-electron chi connectivity index (χ0n) is 16.0. The number of halogens is 1. The highest BCUT2D eigenvalue weighted by Gasteiger charge is 2.12. The van der Waals surface area contributed by atoms with Gasteiger partial charge in [0.05, 0.1) is 0 Å². The van der Waals surface area contributed by atoms with Gasteiger partial charge in [0.15, 0.2) is 5.96 Å². The van der Waals surface area contributed by atoms with Crippen molar-refractivity contribution in [3.05, 3.63) is 71.8 Å². The molecular formula is C21H31IN4. The summed E-state index contributed by atoms with van der Waals surface area (Å²) in [6.45, 7) is 1.72. The lowest BCUT2D eigenvalue weighted by molar-refractivity contribution is 0.290. The molecule has 0 aliphatic heterocycles. The van der Waals surface area contributed by atoms with E-state index >= 15 is 0 Å². The van der Waals surface area contributed by atoms with Gasteiger partial charge in [0, 0.05) is 26.2 Å². The largest absolute Gasteiger partial charge is 0.356 e. The van der Waals surface area contributed by atoms with Crippen molar-refractivity contribution in [2.75, 3.05) is 34.2 Å². The maximum absolute atomic E-state index is 4.33. The Morgan fingerprint density at radius 1 is 0.923 bits per heavy atom. The third kappa shape index (κ3) is 8.19. The normalized spacial score (nSPS) is 12.4. The van der Waals surface area contributed by atoms with Gasteiger partial charge in [-0.3, -0.25) is 4.99 Å². The summed E-state index contributed by atoms with van der Waals surface area (Å²) in [6, 6.07) is 21.5. The monoisotopic (exact) mass is 466 g/mol. The van der Waals surface area contributed by atoms with Crippen molar-refractivity contribution in [2.45, 2.75) is 18.9 Å². The highest BCUT2D eigenvalue weighted by atomic mass is 127. The van der Waals surface area contributed by atoms with Gasteiger partial charge < -0.3 is 15.5 Å². The van der Waals surface area contributed by atoms with Gasteiger partial charge in [0.1, 0.15) is 0 Å². The van der Waals surface area contributed by atoms with E-state index in [-0.39, 0.29) is 24.0 Å². The predicted molar refractivity (Wildman–Crippen MR) is 123 cm³/mol. The summed E-state index contributed by atoms with van der Waals surface area (Å²) < 4.78 is 0. The molecule has 5 heteroatoms. The molecule has 0 saturated carbocycles. The van der Waals surface area contributed by atoms with Crippen LogP contribution in [0.4, 0.5) is 0 Å². The molecule has 4 nitrogen and oxygen atoms in total. The van der Waals surface area contributed by atoms with Crippen molar-refractivity contribution in [1.29, 1.82) is 0 Å². The Hall–Kier alpha value is -1.60. The molecule has 0 aliphatic carbocycles. The Morgan fingerprint density at radius 2 is 1.50 bits per heavy atom. The van der Waals surface area contributed by atoms with Gasteiger partial charge in [-0.25, -0.2) is 0 Å². The highest BCUT2D eigenvalue weighted by Crippen LogP contribution is 2.06. The summed E-state index contributed by atoms with van der Waals surface area (Å²) in [4.78, 5) is 6.59. The number of hydrogen-bond donors (Lipinski definition) is 2. The van der Waals surface area contributed by atoms with Crippen molar-refractivity contribution in [3.8, 4) is 0 Å². The van der Waals surface area contributed by atoms with Gasteiger partial charge in [0.2, 0.25) is 0 Å². The minimum absolute atomic E-state index is 0. The number of likely N-dealkylation sites (N-methyl/N-ethyl adjacent to an activating group) is 1. The third-order valence-corrected chi connectivity index (χ3v) is 4.32. The maximum Gasteiger partial charge on any atom is 0.191 e. The van der Waals surface area contributed by atoms with Gasteiger partial charge >= 0.3 is 0 Å². The number of aliphatic imine (C=N–C) groups is 1. The smallest absolute Gasteiger partial charge is 0.191 e. The van der Waals surface area contributed by atoms with E-state index in [1.54, 1.807) is 0 Å². The number of nitrogens with zero attached hydrogens (tertiary/aromatic N) is 2. The Labute approximate surface area is 175 Å². The molecule has 2 rings (SSSR count). The van der Waals surface area contributed by atoms with E-state index in [1.165, 1.54) is 11.1 Å². The lowest BCUT2D eigenvalue weighted by atomic mass is 10.1. The number of rotatable bonds is 8. The molecular weight excluding hydrogens is 435 g/mol. The van der Waals surface area contributed by atoms with Crippen LogP contribution in [0.3, 0.4) is 0 Å². The fourth-order valence-corrected chi connectivity index (χ4v) is 2.73. The van der Waals surface area contributed by atoms with E-state index in [9.17, 15) is 0 Å². The Bertz CT molecular complexity index is 629. The van der Waals surface area contributed by atoms with Gasteiger partial charge in [-0.15, -0.1) is 24.0 Å². The van der Waals surface area contributed by atoms with E-state index < -0.39 is 0 Å². The van der Waals surface area contributed by atoms with Crippen molar-refractivity contribution in [3.63, 3.8) is 0 Å². The minimum Gasteiger partial charge on any atom is -0.356 e. The molecule has 1 unspecified atom stereocenters.